The summed E-state index contributed by atoms with van der Waals surface area (Å²) >= 11 is 0. The predicted molar refractivity (Wildman–Crippen MR) is 57.0 cm³/mol. The number of carbonyl (C=O) groups excluding carboxylic acids is 1. The minimum atomic E-state index is -1.42. The second-order valence-corrected chi connectivity index (χ2v) is 4.17. The van der Waals surface area contributed by atoms with E-state index in [9.17, 15) is 9.59 Å². The maximum atomic E-state index is 11.3. The van der Waals surface area contributed by atoms with Gasteiger partial charge in [-0.2, -0.15) is 0 Å². The van der Waals surface area contributed by atoms with Gasteiger partial charge in [-0.05, 0) is 25.7 Å². The molecule has 0 aromatic rings. The highest BCUT2D eigenvalue weighted by atomic mass is 16.4. The molecule has 92 valence electrons. The summed E-state index contributed by atoms with van der Waals surface area (Å²) < 4.78 is 0. The lowest BCUT2D eigenvalue weighted by Crippen LogP contribution is -2.42. The summed E-state index contributed by atoms with van der Waals surface area (Å²) in [6.07, 6.45) is 0.903. The van der Waals surface area contributed by atoms with Gasteiger partial charge in [0.1, 0.15) is 0 Å². The number of nitrogens with one attached hydrogen (secondary N) is 2. The molecule has 0 heterocycles. The van der Waals surface area contributed by atoms with Crippen molar-refractivity contribution in [2.24, 2.45) is 5.92 Å². The van der Waals surface area contributed by atoms with Gasteiger partial charge in [-0.1, -0.05) is 0 Å². The summed E-state index contributed by atoms with van der Waals surface area (Å²) in [5.74, 6) is -0.691. The molecule has 1 fully saturated rings. The monoisotopic (exact) mass is 230 g/mol. The van der Waals surface area contributed by atoms with E-state index < -0.39 is 12.1 Å². The Labute approximate surface area is 94.0 Å². The van der Waals surface area contributed by atoms with Gasteiger partial charge in [0.2, 0.25) is 0 Å². The van der Waals surface area contributed by atoms with Crippen molar-refractivity contribution in [3.8, 4) is 0 Å². The fourth-order valence-electron chi connectivity index (χ4n) is 1.42. The Balaban J connectivity index is 2.07. The third-order valence-corrected chi connectivity index (χ3v) is 2.68. The minimum Gasteiger partial charge on any atom is -0.479 e. The Morgan fingerprint density at radius 2 is 2.06 bits per heavy atom. The number of carboxylic acid groups (broad SMARTS) is 1. The van der Waals surface area contributed by atoms with Crippen LogP contribution < -0.4 is 10.6 Å². The quantitative estimate of drug-likeness (QED) is 0.513. The van der Waals surface area contributed by atoms with Gasteiger partial charge in [0.15, 0.2) is 6.10 Å². The molecular formula is C10H18N2O4. The lowest BCUT2D eigenvalue weighted by molar-refractivity contribution is -0.146. The Morgan fingerprint density at radius 3 is 2.56 bits per heavy atom. The van der Waals surface area contributed by atoms with Crippen LogP contribution in [0.15, 0.2) is 0 Å². The number of aliphatic hydroxyl groups is 1. The van der Waals surface area contributed by atoms with E-state index in [1.54, 1.807) is 0 Å². The number of carbonyl (C=O) groups is 2. The molecule has 2 atom stereocenters. The van der Waals surface area contributed by atoms with Crippen molar-refractivity contribution in [3.63, 3.8) is 0 Å². The second-order valence-electron chi connectivity index (χ2n) is 4.17. The molecule has 1 saturated carbocycles. The molecule has 0 aromatic carbocycles. The lowest BCUT2D eigenvalue weighted by atomic mass is 10.2. The smallest absolute Gasteiger partial charge is 0.332 e. The number of amides is 2. The number of hydrogen-bond acceptors (Lipinski definition) is 3. The van der Waals surface area contributed by atoms with E-state index >= 15 is 0 Å². The summed E-state index contributed by atoms with van der Waals surface area (Å²) in [6, 6.07) is -0.151. The summed E-state index contributed by atoms with van der Waals surface area (Å²) in [5, 5.41) is 22.6. The van der Waals surface area contributed by atoms with Crippen LogP contribution in [0.5, 0.6) is 0 Å². The Morgan fingerprint density at radius 1 is 1.44 bits per heavy atom. The topological polar surface area (TPSA) is 98.7 Å². The molecule has 1 aliphatic rings. The number of carboxylic acids is 1. The van der Waals surface area contributed by atoms with Crippen molar-refractivity contribution < 1.29 is 19.8 Å². The van der Waals surface area contributed by atoms with Gasteiger partial charge in [0.05, 0.1) is 0 Å². The first-order chi connectivity index (χ1) is 7.50. The summed E-state index contributed by atoms with van der Waals surface area (Å²) in [7, 11) is 0. The van der Waals surface area contributed by atoms with Gasteiger partial charge in [-0.15, -0.1) is 0 Å². The molecule has 16 heavy (non-hydrogen) atoms. The van der Waals surface area contributed by atoms with Crippen molar-refractivity contribution >= 4 is 12.0 Å². The number of aliphatic carboxylic acids is 1. The molecule has 0 bridgehead atoms. The van der Waals surface area contributed by atoms with Crippen LogP contribution in [-0.2, 0) is 4.79 Å². The van der Waals surface area contributed by atoms with Crippen molar-refractivity contribution in [1.29, 1.82) is 0 Å². The molecule has 0 radical (unpaired) electrons. The molecule has 1 aliphatic carbocycles. The van der Waals surface area contributed by atoms with Crippen LogP contribution in [0.1, 0.15) is 26.2 Å². The van der Waals surface area contributed by atoms with Crippen LogP contribution in [0, 0.1) is 5.92 Å². The van der Waals surface area contributed by atoms with E-state index in [0.717, 1.165) is 12.8 Å². The molecular weight excluding hydrogens is 212 g/mol. The van der Waals surface area contributed by atoms with Crippen LogP contribution in [-0.4, -0.2) is 40.9 Å². The van der Waals surface area contributed by atoms with Crippen LogP contribution in [0.2, 0.25) is 0 Å². The molecule has 0 aliphatic heterocycles. The van der Waals surface area contributed by atoms with Crippen LogP contribution >= 0.6 is 0 Å². The molecule has 6 heteroatoms. The van der Waals surface area contributed by atoms with Gasteiger partial charge >= 0.3 is 12.0 Å². The van der Waals surface area contributed by atoms with Crippen LogP contribution in [0.25, 0.3) is 0 Å². The summed E-state index contributed by atoms with van der Waals surface area (Å²) in [4.78, 5) is 21.6. The molecule has 0 saturated heterocycles. The highest BCUT2D eigenvalue weighted by Crippen LogP contribution is 2.32. The first-order valence-electron chi connectivity index (χ1n) is 5.46. The Bertz CT molecular complexity index is 266. The standard InChI is InChI=1S/C10H18N2O4/c1-6(7-2-3-7)12-10(16)11-5-4-8(13)9(14)15/h6-8,13H,2-5H2,1H3,(H,14,15)(H2,11,12,16). The van der Waals surface area contributed by atoms with Gasteiger partial charge in [-0.25, -0.2) is 9.59 Å². The van der Waals surface area contributed by atoms with Gasteiger partial charge in [0, 0.05) is 19.0 Å². The predicted octanol–water partition coefficient (Wildman–Crippen LogP) is -0.0803. The lowest BCUT2D eigenvalue weighted by Gasteiger charge is -2.14. The maximum absolute atomic E-state index is 11.3. The van der Waals surface area contributed by atoms with Gasteiger partial charge in [-0.3, -0.25) is 0 Å². The van der Waals surface area contributed by atoms with Crippen LogP contribution in [0.3, 0.4) is 0 Å². The average molecular weight is 230 g/mol. The second kappa shape index (κ2) is 5.69. The number of urea groups is 1. The Kier molecular flexibility index (Phi) is 4.54. The zero-order valence-corrected chi connectivity index (χ0v) is 9.27. The number of aliphatic hydroxyl groups excluding tert-OH is 1. The fraction of sp³-hybridized carbons (Fsp3) is 0.800. The minimum absolute atomic E-state index is 0.0144. The highest BCUT2D eigenvalue weighted by Gasteiger charge is 2.28. The van der Waals surface area contributed by atoms with Gasteiger partial charge in [0.25, 0.3) is 0 Å². The third kappa shape index (κ3) is 4.48. The maximum Gasteiger partial charge on any atom is 0.332 e. The van der Waals surface area contributed by atoms with Gasteiger partial charge < -0.3 is 20.8 Å². The van der Waals surface area contributed by atoms with E-state index in [4.69, 9.17) is 10.2 Å². The van der Waals surface area contributed by atoms with E-state index in [-0.39, 0.29) is 25.0 Å². The molecule has 6 nitrogen and oxygen atoms in total. The number of rotatable bonds is 6. The van der Waals surface area contributed by atoms with E-state index in [2.05, 4.69) is 10.6 Å². The summed E-state index contributed by atoms with van der Waals surface area (Å²) in [6.45, 7) is 2.10. The highest BCUT2D eigenvalue weighted by molar-refractivity contribution is 5.74. The molecule has 0 spiro atoms. The molecule has 4 N–H and O–H groups in total. The molecule has 2 unspecified atom stereocenters. The van der Waals surface area contributed by atoms with E-state index in [1.807, 2.05) is 6.92 Å². The van der Waals surface area contributed by atoms with Crippen LogP contribution in [0.4, 0.5) is 4.79 Å². The molecule has 1 rings (SSSR count). The van der Waals surface area contributed by atoms with E-state index in [1.165, 1.54) is 0 Å². The van der Waals surface area contributed by atoms with Crippen molar-refractivity contribution in [2.75, 3.05) is 6.54 Å². The SMILES string of the molecule is CC(NC(=O)NCCC(O)C(=O)O)C1CC1. The first-order valence-corrected chi connectivity index (χ1v) is 5.46. The average Bonchev–Trinajstić information content (AvgIpc) is 3.00. The zero-order chi connectivity index (χ0) is 12.1. The zero-order valence-electron chi connectivity index (χ0n) is 9.27. The van der Waals surface area contributed by atoms with E-state index in [0.29, 0.717) is 5.92 Å². The molecule has 2 amide bonds. The fourth-order valence-corrected chi connectivity index (χ4v) is 1.42. The largest absolute Gasteiger partial charge is 0.479 e. The normalized spacial score (nSPS) is 18.6. The van der Waals surface area contributed by atoms with Crippen molar-refractivity contribution in [1.82, 2.24) is 10.6 Å². The Hall–Kier alpha value is -1.30. The van der Waals surface area contributed by atoms with Crippen molar-refractivity contribution in [2.45, 2.75) is 38.3 Å². The summed E-state index contributed by atoms with van der Waals surface area (Å²) in [5.41, 5.74) is 0. The molecule has 0 aromatic heterocycles. The first kappa shape index (κ1) is 12.8. The van der Waals surface area contributed by atoms with Crippen molar-refractivity contribution in [3.05, 3.63) is 0 Å². The third-order valence-electron chi connectivity index (χ3n) is 2.68. The number of hydrogen-bond donors (Lipinski definition) is 4.